The molecular formula is C38H43N3O8S. The number of ether oxygens (including phenoxy) is 2. The van der Waals surface area contributed by atoms with Crippen LogP contribution in [0.2, 0.25) is 0 Å². The van der Waals surface area contributed by atoms with Gasteiger partial charge in [0.25, 0.3) is 15.9 Å². The first-order valence-corrected chi connectivity index (χ1v) is 18.0. The SMILES string of the molecule is CCCCCCCOc1ccc(S(=O)(=O)Nc2ccc(CC(NC(=O)c3ccc(NC(=O)Cc4ccc(OC)cc4)cc3)C(=O)O)cc2)cc1. The summed E-state index contributed by atoms with van der Waals surface area (Å²) in [5, 5.41) is 15.1. The van der Waals surface area contributed by atoms with E-state index >= 15 is 0 Å². The third-order valence-corrected chi connectivity index (χ3v) is 9.25. The Balaban J connectivity index is 1.27. The fraction of sp³-hybridized carbons (Fsp3) is 0.289. The Hall–Kier alpha value is -5.36. The third-order valence-electron chi connectivity index (χ3n) is 7.85. The van der Waals surface area contributed by atoms with Crippen molar-refractivity contribution >= 4 is 39.2 Å². The van der Waals surface area contributed by atoms with Gasteiger partial charge in [-0.3, -0.25) is 14.3 Å². The fourth-order valence-electron chi connectivity index (χ4n) is 5.05. The number of benzene rings is 4. The summed E-state index contributed by atoms with van der Waals surface area (Å²) in [6.07, 6.45) is 5.72. The highest BCUT2D eigenvalue weighted by atomic mass is 32.2. The molecule has 0 spiro atoms. The van der Waals surface area contributed by atoms with Crippen LogP contribution in [0.4, 0.5) is 11.4 Å². The van der Waals surface area contributed by atoms with Gasteiger partial charge in [0.2, 0.25) is 5.91 Å². The zero-order valence-corrected chi connectivity index (χ0v) is 29.0. The van der Waals surface area contributed by atoms with Crippen molar-refractivity contribution in [3.8, 4) is 11.5 Å². The van der Waals surface area contributed by atoms with E-state index in [1.54, 1.807) is 67.8 Å². The minimum atomic E-state index is -3.87. The minimum Gasteiger partial charge on any atom is -0.497 e. The van der Waals surface area contributed by atoms with Gasteiger partial charge in [-0.05, 0) is 90.3 Å². The van der Waals surface area contributed by atoms with Gasteiger partial charge in [-0.2, -0.15) is 0 Å². The molecule has 0 bridgehead atoms. The highest BCUT2D eigenvalue weighted by molar-refractivity contribution is 7.92. The number of amides is 2. The molecule has 0 aliphatic heterocycles. The van der Waals surface area contributed by atoms with E-state index in [0.29, 0.717) is 35.0 Å². The highest BCUT2D eigenvalue weighted by Gasteiger charge is 2.22. The number of anilines is 2. The van der Waals surface area contributed by atoms with Crippen molar-refractivity contribution in [2.24, 2.45) is 0 Å². The second kappa shape index (κ2) is 18.4. The Morgan fingerprint density at radius 1 is 0.740 bits per heavy atom. The lowest BCUT2D eigenvalue weighted by Crippen LogP contribution is -2.42. The second-order valence-electron chi connectivity index (χ2n) is 11.8. The van der Waals surface area contributed by atoms with Gasteiger partial charge < -0.3 is 25.2 Å². The predicted molar refractivity (Wildman–Crippen MR) is 192 cm³/mol. The van der Waals surface area contributed by atoms with Crippen LogP contribution in [0.3, 0.4) is 0 Å². The summed E-state index contributed by atoms with van der Waals surface area (Å²) >= 11 is 0. The number of methoxy groups -OCH3 is 1. The lowest BCUT2D eigenvalue weighted by atomic mass is 10.0. The predicted octanol–water partition coefficient (Wildman–Crippen LogP) is 6.45. The van der Waals surface area contributed by atoms with Gasteiger partial charge in [-0.1, -0.05) is 56.9 Å². The fourth-order valence-corrected chi connectivity index (χ4v) is 6.11. The smallest absolute Gasteiger partial charge is 0.326 e. The van der Waals surface area contributed by atoms with Crippen LogP contribution in [0.1, 0.15) is 60.5 Å². The molecule has 0 saturated heterocycles. The van der Waals surface area contributed by atoms with Crippen molar-refractivity contribution < 1.29 is 37.4 Å². The normalized spacial score (nSPS) is 11.6. The van der Waals surface area contributed by atoms with Gasteiger partial charge in [0, 0.05) is 23.4 Å². The van der Waals surface area contributed by atoms with Crippen LogP contribution in [-0.2, 0) is 32.5 Å². The molecule has 4 aromatic carbocycles. The number of carbonyl (C=O) groups excluding carboxylic acids is 2. The van der Waals surface area contributed by atoms with E-state index in [-0.39, 0.29) is 29.2 Å². The van der Waals surface area contributed by atoms with E-state index in [0.717, 1.165) is 18.4 Å². The largest absolute Gasteiger partial charge is 0.497 e. The number of rotatable bonds is 19. The van der Waals surface area contributed by atoms with E-state index < -0.39 is 27.9 Å². The molecule has 2 amide bonds. The Morgan fingerprint density at radius 2 is 1.34 bits per heavy atom. The molecule has 0 fully saturated rings. The van der Waals surface area contributed by atoms with Crippen LogP contribution in [0, 0.1) is 0 Å². The maximum absolute atomic E-state index is 12.9. The monoisotopic (exact) mass is 701 g/mol. The molecule has 12 heteroatoms. The van der Waals surface area contributed by atoms with Crippen LogP contribution >= 0.6 is 0 Å². The number of carboxylic acids is 1. The maximum Gasteiger partial charge on any atom is 0.326 e. The van der Waals surface area contributed by atoms with E-state index in [4.69, 9.17) is 9.47 Å². The molecule has 1 atom stereocenters. The number of aliphatic carboxylic acids is 1. The molecule has 0 aliphatic rings. The lowest BCUT2D eigenvalue weighted by Gasteiger charge is -2.16. The van der Waals surface area contributed by atoms with Crippen LogP contribution in [0.5, 0.6) is 11.5 Å². The number of hydrogen-bond acceptors (Lipinski definition) is 7. The van der Waals surface area contributed by atoms with Gasteiger partial charge in [0.05, 0.1) is 25.0 Å². The molecule has 4 rings (SSSR count). The summed E-state index contributed by atoms with van der Waals surface area (Å²) in [7, 11) is -2.31. The molecule has 4 aromatic rings. The summed E-state index contributed by atoms with van der Waals surface area (Å²) in [6.45, 7) is 2.74. The van der Waals surface area contributed by atoms with Gasteiger partial charge in [-0.25, -0.2) is 13.2 Å². The number of sulfonamides is 1. The maximum atomic E-state index is 12.9. The number of carbonyl (C=O) groups is 3. The highest BCUT2D eigenvalue weighted by Crippen LogP contribution is 2.21. The average molecular weight is 702 g/mol. The van der Waals surface area contributed by atoms with Crippen molar-refractivity contribution in [1.82, 2.24) is 5.32 Å². The zero-order chi connectivity index (χ0) is 35.9. The molecular weight excluding hydrogens is 658 g/mol. The van der Waals surface area contributed by atoms with E-state index in [9.17, 15) is 27.9 Å². The number of hydrogen-bond donors (Lipinski definition) is 4. The van der Waals surface area contributed by atoms with Crippen LogP contribution < -0.4 is 24.8 Å². The quantitative estimate of drug-likeness (QED) is 0.0812. The zero-order valence-electron chi connectivity index (χ0n) is 28.2. The summed E-state index contributed by atoms with van der Waals surface area (Å²) in [4.78, 5) is 37.4. The average Bonchev–Trinajstić information content (AvgIpc) is 3.11. The Kier molecular flexibility index (Phi) is 13.8. The molecule has 11 nitrogen and oxygen atoms in total. The van der Waals surface area contributed by atoms with E-state index in [1.807, 2.05) is 0 Å². The molecule has 264 valence electrons. The lowest BCUT2D eigenvalue weighted by molar-refractivity contribution is -0.139. The Bertz CT molecular complexity index is 1810. The van der Waals surface area contributed by atoms with Crippen LogP contribution in [0.15, 0.2) is 102 Å². The molecule has 0 saturated carbocycles. The third kappa shape index (κ3) is 11.7. The molecule has 4 N–H and O–H groups in total. The second-order valence-corrected chi connectivity index (χ2v) is 13.4. The van der Waals surface area contributed by atoms with Gasteiger partial charge >= 0.3 is 5.97 Å². The summed E-state index contributed by atoms with van der Waals surface area (Å²) < 4.78 is 39.3. The molecule has 50 heavy (non-hydrogen) atoms. The Morgan fingerprint density at radius 3 is 1.96 bits per heavy atom. The number of unbranched alkanes of at least 4 members (excludes halogenated alkanes) is 4. The van der Waals surface area contributed by atoms with Crippen LogP contribution in [0.25, 0.3) is 0 Å². The van der Waals surface area contributed by atoms with Crippen molar-refractivity contribution in [2.45, 2.75) is 62.8 Å². The molecule has 0 aromatic heterocycles. The van der Waals surface area contributed by atoms with Gasteiger partial charge in [-0.15, -0.1) is 0 Å². The topological polar surface area (TPSA) is 160 Å². The number of carboxylic acid groups (broad SMARTS) is 1. The molecule has 0 radical (unpaired) electrons. The molecule has 0 heterocycles. The first-order chi connectivity index (χ1) is 24.1. The molecule has 0 aliphatic carbocycles. The summed E-state index contributed by atoms with van der Waals surface area (Å²) in [5.74, 6) is -0.763. The van der Waals surface area contributed by atoms with Crippen molar-refractivity contribution in [3.63, 3.8) is 0 Å². The minimum absolute atomic E-state index is 0.0341. The first kappa shape index (κ1) is 37.5. The van der Waals surface area contributed by atoms with Gasteiger partial charge in [0.15, 0.2) is 0 Å². The molecule has 1 unspecified atom stereocenters. The number of nitrogens with one attached hydrogen (secondary N) is 3. The van der Waals surface area contributed by atoms with Crippen molar-refractivity contribution in [2.75, 3.05) is 23.8 Å². The van der Waals surface area contributed by atoms with Crippen molar-refractivity contribution in [1.29, 1.82) is 0 Å². The first-order valence-electron chi connectivity index (χ1n) is 16.5. The van der Waals surface area contributed by atoms with Crippen LogP contribution in [-0.4, -0.2) is 51.1 Å². The van der Waals surface area contributed by atoms with E-state index in [2.05, 4.69) is 22.3 Å². The summed E-state index contributed by atoms with van der Waals surface area (Å²) in [6, 6.07) is 24.5. The Labute approximate surface area is 293 Å². The summed E-state index contributed by atoms with van der Waals surface area (Å²) in [5.41, 5.74) is 2.39. The standard InChI is InChI=1S/C38H43N3O8S/c1-3-4-5-6-7-24-49-33-20-22-34(23-21-33)50(46,47)41-31-14-8-27(9-15-31)25-35(38(44)45)40-37(43)29-12-16-30(17-13-29)39-36(42)26-28-10-18-32(48-2)19-11-28/h8-23,35,41H,3-7,24-26H2,1-2H3,(H,39,42)(H,40,43)(H,44,45). The van der Waals surface area contributed by atoms with Gasteiger partial charge in [0.1, 0.15) is 17.5 Å². The van der Waals surface area contributed by atoms with Crippen molar-refractivity contribution in [3.05, 3.63) is 114 Å². The van der Waals surface area contributed by atoms with E-state index in [1.165, 1.54) is 55.7 Å².